The van der Waals surface area contributed by atoms with E-state index in [-0.39, 0.29) is 12.4 Å². The Hall–Kier alpha value is -2.31. The lowest BCUT2D eigenvalue weighted by Crippen LogP contribution is -1.84. The molecule has 2 aromatic rings. The maximum Gasteiger partial charge on any atom is 0.117 e. The van der Waals surface area contributed by atoms with Crippen molar-refractivity contribution in [2.45, 2.75) is 6.61 Å². The molecule has 0 bridgehead atoms. The number of nitriles is 1. The smallest absolute Gasteiger partial charge is 0.117 e. The molecular weight excluding hydrogens is 214 g/mol. The molecule has 2 N–H and O–H groups in total. The molecule has 0 spiro atoms. The zero-order chi connectivity index (χ0) is 12.3. The van der Waals surface area contributed by atoms with Gasteiger partial charge in [-0.15, -0.1) is 0 Å². The van der Waals surface area contributed by atoms with Crippen LogP contribution < -0.4 is 0 Å². The van der Waals surface area contributed by atoms with Crippen LogP contribution in [0.3, 0.4) is 0 Å². The van der Waals surface area contributed by atoms with Crippen molar-refractivity contribution in [1.82, 2.24) is 0 Å². The molecule has 0 fully saturated rings. The van der Waals surface area contributed by atoms with Gasteiger partial charge in [0.05, 0.1) is 18.2 Å². The predicted molar refractivity (Wildman–Crippen MR) is 64.2 cm³/mol. The summed E-state index contributed by atoms with van der Waals surface area (Å²) in [5.41, 5.74) is 2.93. The van der Waals surface area contributed by atoms with Gasteiger partial charge in [0.25, 0.3) is 0 Å². The highest BCUT2D eigenvalue weighted by molar-refractivity contribution is 5.67. The zero-order valence-electron chi connectivity index (χ0n) is 9.09. The van der Waals surface area contributed by atoms with Crippen molar-refractivity contribution in [3.63, 3.8) is 0 Å². The Balaban J connectivity index is 2.45. The number of hydrogen-bond acceptors (Lipinski definition) is 3. The molecule has 84 valence electrons. The van der Waals surface area contributed by atoms with Crippen LogP contribution in [0.1, 0.15) is 11.1 Å². The summed E-state index contributed by atoms with van der Waals surface area (Å²) in [5, 5.41) is 27.3. The van der Waals surface area contributed by atoms with Crippen molar-refractivity contribution in [2.24, 2.45) is 0 Å². The second kappa shape index (κ2) is 4.69. The Bertz CT molecular complexity index is 568. The molecule has 0 aliphatic heterocycles. The number of phenols is 1. The molecule has 0 aromatic heterocycles. The minimum absolute atomic E-state index is 0.00374. The van der Waals surface area contributed by atoms with Crippen LogP contribution in [-0.2, 0) is 6.61 Å². The summed E-state index contributed by atoms with van der Waals surface area (Å²) in [6, 6.07) is 14.1. The Morgan fingerprint density at radius 2 is 1.71 bits per heavy atom. The minimum atomic E-state index is 0.00374. The summed E-state index contributed by atoms with van der Waals surface area (Å²) < 4.78 is 0. The lowest BCUT2D eigenvalue weighted by atomic mass is 10.0. The number of aliphatic hydroxyl groups excluding tert-OH is 1. The fourth-order valence-electron chi connectivity index (χ4n) is 1.64. The van der Waals surface area contributed by atoms with Crippen molar-refractivity contribution >= 4 is 0 Å². The first-order chi connectivity index (χ1) is 8.22. The molecule has 0 unspecified atom stereocenters. The van der Waals surface area contributed by atoms with E-state index in [4.69, 9.17) is 10.4 Å². The van der Waals surface area contributed by atoms with Gasteiger partial charge in [-0.25, -0.2) is 0 Å². The molecule has 3 heteroatoms. The van der Waals surface area contributed by atoms with Crippen LogP contribution in [0.25, 0.3) is 11.1 Å². The van der Waals surface area contributed by atoms with Gasteiger partial charge in [0.15, 0.2) is 0 Å². The van der Waals surface area contributed by atoms with Gasteiger partial charge in [-0.1, -0.05) is 24.3 Å². The van der Waals surface area contributed by atoms with E-state index in [2.05, 4.69) is 0 Å². The van der Waals surface area contributed by atoms with Gasteiger partial charge in [-0.05, 0) is 34.9 Å². The number of aliphatic hydroxyl groups is 1. The fraction of sp³-hybridized carbons (Fsp3) is 0.0714. The van der Waals surface area contributed by atoms with E-state index in [9.17, 15) is 5.11 Å². The average molecular weight is 225 g/mol. The highest BCUT2D eigenvalue weighted by Gasteiger charge is 2.02. The van der Waals surface area contributed by atoms with Gasteiger partial charge in [0.1, 0.15) is 5.75 Å². The number of aromatic hydroxyl groups is 1. The van der Waals surface area contributed by atoms with E-state index in [1.807, 2.05) is 30.3 Å². The fourth-order valence-corrected chi connectivity index (χ4v) is 1.64. The molecular formula is C14H11NO2. The molecule has 0 saturated carbocycles. The average Bonchev–Trinajstić information content (AvgIpc) is 2.38. The number of benzene rings is 2. The molecule has 3 nitrogen and oxygen atoms in total. The predicted octanol–water partition coefficient (Wildman–Crippen LogP) is 2.42. The van der Waals surface area contributed by atoms with E-state index in [0.29, 0.717) is 5.56 Å². The molecule has 0 radical (unpaired) electrons. The lowest BCUT2D eigenvalue weighted by molar-refractivity contribution is 0.282. The van der Waals surface area contributed by atoms with Crippen LogP contribution in [0, 0.1) is 11.3 Å². The minimum Gasteiger partial charge on any atom is -0.508 e. The molecule has 0 amide bonds. The quantitative estimate of drug-likeness (QED) is 0.824. The van der Waals surface area contributed by atoms with Gasteiger partial charge < -0.3 is 10.2 Å². The molecule has 0 atom stereocenters. The van der Waals surface area contributed by atoms with Crippen molar-refractivity contribution < 1.29 is 10.2 Å². The molecule has 2 aromatic carbocycles. The number of nitrogens with zero attached hydrogens (tertiary/aromatic N) is 1. The van der Waals surface area contributed by atoms with E-state index in [1.165, 1.54) is 6.07 Å². The van der Waals surface area contributed by atoms with Crippen molar-refractivity contribution in [1.29, 1.82) is 5.26 Å². The molecule has 0 aliphatic rings. The summed E-state index contributed by atoms with van der Waals surface area (Å²) in [6.07, 6.45) is 0. The van der Waals surface area contributed by atoms with E-state index in [1.54, 1.807) is 12.1 Å². The number of phenolic OH excluding ortho intramolecular Hbond substituents is 1. The monoisotopic (exact) mass is 225 g/mol. The zero-order valence-corrected chi connectivity index (χ0v) is 9.09. The Labute approximate surface area is 99.2 Å². The van der Waals surface area contributed by atoms with Gasteiger partial charge in [0.2, 0.25) is 0 Å². The first-order valence-corrected chi connectivity index (χ1v) is 5.17. The lowest BCUT2D eigenvalue weighted by Gasteiger charge is -2.04. The van der Waals surface area contributed by atoms with Gasteiger partial charge >= 0.3 is 0 Å². The summed E-state index contributed by atoms with van der Waals surface area (Å²) in [6.45, 7) is 0.00374. The van der Waals surface area contributed by atoms with Crippen molar-refractivity contribution in [3.8, 4) is 22.9 Å². The first kappa shape index (κ1) is 11.2. The molecule has 17 heavy (non-hydrogen) atoms. The SMILES string of the molecule is N#Cc1cc(O)cc(-c2ccc(CO)cc2)c1. The molecule has 0 aliphatic carbocycles. The molecule has 2 rings (SSSR count). The third kappa shape index (κ3) is 2.44. The summed E-state index contributed by atoms with van der Waals surface area (Å²) >= 11 is 0. The normalized spacial score (nSPS) is 9.88. The summed E-state index contributed by atoms with van der Waals surface area (Å²) in [7, 11) is 0. The van der Waals surface area contributed by atoms with Crippen molar-refractivity contribution in [3.05, 3.63) is 53.6 Å². The third-order valence-corrected chi connectivity index (χ3v) is 2.52. The highest BCUT2D eigenvalue weighted by Crippen LogP contribution is 2.25. The topological polar surface area (TPSA) is 64.2 Å². The maximum atomic E-state index is 9.50. The highest BCUT2D eigenvalue weighted by atomic mass is 16.3. The van der Waals surface area contributed by atoms with Crippen LogP contribution in [0.4, 0.5) is 0 Å². The van der Waals surface area contributed by atoms with Gasteiger partial charge in [-0.2, -0.15) is 5.26 Å². The van der Waals surface area contributed by atoms with E-state index >= 15 is 0 Å². The van der Waals surface area contributed by atoms with E-state index in [0.717, 1.165) is 16.7 Å². The van der Waals surface area contributed by atoms with Crippen molar-refractivity contribution in [2.75, 3.05) is 0 Å². The second-order valence-corrected chi connectivity index (χ2v) is 3.74. The largest absolute Gasteiger partial charge is 0.508 e. The van der Waals surface area contributed by atoms with E-state index < -0.39 is 0 Å². The number of rotatable bonds is 2. The third-order valence-electron chi connectivity index (χ3n) is 2.52. The van der Waals surface area contributed by atoms with Crippen LogP contribution in [-0.4, -0.2) is 10.2 Å². The number of hydrogen-bond donors (Lipinski definition) is 2. The Kier molecular flexibility index (Phi) is 3.08. The standard InChI is InChI=1S/C14H11NO2/c15-8-11-5-13(7-14(17)6-11)12-3-1-10(9-16)2-4-12/h1-7,16-17H,9H2. The Morgan fingerprint density at radius 1 is 1.00 bits per heavy atom. The molecule has 0 saturated heterocycles. The van der Waals surface area contributed by atoms with Crippen LogP contribution in [0.2, 0.25) is 0 Å². The maximum absolute atomic E-state index is 9.50. The van der Waals surface area contributed by atoms with Gasteiger partial charge in [0, 0.05) is 0 Å². The van der Waals surface area contributed by atoms with Crippen LogP contribution >= 0.6 is 0 Å². The Morgan fingerprint density at radius 3 is 2.29 bits per heavy atom. The van der Waals surface area contributed by atoms with Crippen LogP contribution in [0.5, 0.6) is 5.75 Å². The summed E-state index contributed by atoms with van der Waals surface area (Å²) in [4.78, 5) is 0. The molecule has 0 heterocycles. The van der Waals surface area contributed by atoms with Gasteiger partial charge in [-0.3, -0.25) is 0 Å². The first-order valence-electron chi connectivity index (χ1n) is 5.17. The second-order valence-electron chi connectivity index (χ2n) is 3.74. The summed E-state index contributed by atoms with van der Waals surface area (Å²) in [5.74, 6) is 0.0743. The van der Waals surface area contributed by atoms with Crippen LogP contribution in [0.15, 0.2) is 42.5 Å².